The van der Waals surface area contributed by atoms with Crippen molar-refractivity contribution in [1.29, 1.82) is 0 Å². The van der Waals surface area contributed by atoms with Crippen LogP contribution in [0, 0.1) is 5.92 Å². The smallest absolute Gasteiger partial charge is 0.376 e. The van der Waals surface area contributed by atoms with Crippen LogP contribution in [0.4, 0.5) is 13.2 Å². The van der Waals surface area contributed by atoms with Crippen molar-refractivity contribution in [3.63, 3.8) is 0 Å². The minimum atomic E-state index is -4.88. The molecule has 2 aliphatic heterocycles. The summed E-state index contributed by atoms with van der Waals surface area (Å²) >= 11 is 0. The van der Waals surface area contributed by atoms with E-state index in [-0.39, 0.29) is 25.1 Å². The molecule has 2 heterocycles. The van der Waals surface area contributed by atoms with Gasteiger partial charge >= 0.3 is 12.1 Å². The summed E-state index contributed by atoms with van der Waals surface area (Å²) in [5, 5.41) is 2.71. The van der Waals surface area contributed by atoms with Gasteiger partial charge in [-0.25, -0.2) is 0 Å². The molecule has 0 spiro atoms. The van der Waals surface area contributed by atoms with Gasteiger partial charge in [0, 0.05) is 26.2 Å². The molecule has 2 atom stereocenters. The molecule has 8 heteroatoms. The molecule has 2 saturated heterocycles. The van der Waals surface area contributed by atoms with Crippen LogP contribution in [-0.4, -0.2) is 55.2 Å². The number of carbonyl (C=O) groups excluding carboxylic acids is 2. The molecule has 0 aromatic carbocycles. The molecular weight excluding hydrogens is 289 g/mol. The number of rotatable bonds is 3. The fraction of sp³-hybridized carbons (Fsp3) is 0.846. The second kappa shape index (κ2) is 6.64. The highest BCUT2D eigenvalue weighted by Crippen LogP contribution is 2.24. The van der Waals surface area contributed by atoms with E-state index in [4.69, 9.17) is 4.74 Å². The summed E-state index contributed by atoms with van der Waals surface area (Å²) in [5.74, 6) is -2.74. The van der Waals surface area contributed by atoms with Crippen LogP contribution in [0.2, 0.25) is 0 Å². The highest BCUT2D eigenvalue weighted by molar-refractivity contribution is 5.84. The number of amides is 2. The highest BCUT2D eigenvalue weighted by atomic mass is 19.4. The Morgan fingerprint density at radius 1 is 1.24 bits per heavy atom. The number of alkyl halides is 3. The van der Waals surface area contributed by atoms with Gasteiger partial charge < -0.3 is 15.0 Å². The molecule has 0 saturated carbocycles. The summed E-state index contributed by atoms with van der Waals surface area (Å²) in [6, 6.07) is 0. The van der Waals surface area contributed by atoms with Crippen LogP contribution in [-0.2, 0) is 14.3 Å². The number of piperidine rings is 1. The molecule has 2 rings (SSSR count). The van der Waals surface area contributed by atoms with E-state index in [1.54, 1.807) is 0 Å². The second-order valence-electron chi connectivity index (χ2n) is 5.47. The lowest BCUT2D eigenvalue weighted by molar-refractivity contribution is -0.187. The van der Waals surface area contributed by atoms with Gasteiger partial charge in [0.15, 0.2) is 0 Å². The molecule has 0 aromatic heterocycles. The number of hydrogen-bond acceptors (Lipinski definition) is 3. The van der Waals surface area contributed by atoms with Crippen molar-refractivity contribution in [1.82, 2.24) is 10.2 Å². The Morgan fingerprint density at radius 3 is 2.62 bits per heavy atom. The summed E-state index contributed by atoms with van der Waals surface area (Å²) in [4.78, 5) is 23.9. The Hall–Kier alpha value is -1.31. The van der Waals surface area contributed by atoms with Crippen molar-refractivity contribution in [2.75, 3.05) is 26.2 Å². The third-order valence-electron chi connectivity index (χ3n) is 3.85. The van der Waals surface area contributed by atoms with E-state index in [1.807, 2.05) is 0 Å². The van der Waals surface area contributed by atoms with Crippen molar-refractivity contribution in [3.05, 3.63) is 0 Å². The van der Waals surface area contributed by atoms with E-state index < -0.39 is 18.0 Å². The maximum atomic E-state index is 12.4. The van der Waals surface area contributed by atoms with E-state index in [1.165, 1.54) is 0 Å². The maximum absolute atomic E-state index is 12.4. The normalized spacial score (nSPS) is 26.7. The molecule has 0 bridgehead atoms. The van der Waals surface area contributed by atoms with Gasteiger partial charge in [-0.3, -0.25) is 9.59 Å². The maximum Gasteiger partial charge on any atom is 0.471 e. The third kappa shape index (κ3) is 4.33. The molecule has 2 unspecified atom stereocenters. The average molecular weight is 308 g/mol. The second-order valence-corrected chi connectivity index (χ2v) is 5.47. The van der Waals surface area contributed by atoms with E-state index in [0.717, 1.165) is 17.7 Å². The Morgan fingerprint density at radius 2 is 2.00 bits per heavy atom. The van der Waals surface area contributed by atoms with E-state index in [9.17, 15) is 22.8 Å². The molecule has 2 aliphatic rings. The Bertz CT molecular complexity index is 395. The minimum absolute atomic E-state index is 0.00884. The first-order valence-electron chi connectivity index (χ1n) is 7.13. The number of halogens is 3. The van der Waals surface area contributed by atoms with Crippen LogP contribution in [0.1, 0.15) is 25.7 Å². The lowest BCUT2D eigenvalue weighted by atomic mass is 9.97. The molecular formula is C13H19F3N2O3. The van der Waals surface area contributed by atoms with Crippen LogP contribution in [0.3, 0.4) is 0 Å². The van der Waals surface area contributed by atoms with Gasteiger partial charge in [0.1, 0.15) is 0 Å². The first kappa shape index (κ1) is 16.1. The largest absolute Gasteiger partial charge is 0.471 e. The van der Waals surface area contributed by atoms with Gasteiger partial charge in [0.25, 0.3) is 0 Å². The standard InChI is InChI=1S/C13H19F3N2O3/c14-13(15,16)12(20)18-5-1-3-9(8-18)11(19)17-7-10-4-2-6-21-10/h9-10H,1-8H2,(H,17,19). The molecule has 5 nitrogen and oxygen atoms in total. The van der Waals surface area contributed by atoms with Crippen LogP contribution >= 0.6 is 0 Å². The average Bonchev–Trinajstić information content (AvgIpc) is 2.96. The van der Waals surface area contributed by atoms with Crippen LogP contribution < -0.4 is 5.32 Å². The fourth-order valence-corrected chi connectivity index (χ4v) is 2.72. The van der Waals surface area contributed by atoms with Gasteiger partial charge in [0.05, 0.1) is 12.0 Å². The first-order valence-corrected chi connectivity index (χ1v) is 7.13. The number of carbonyl (C=O) groups is 2. The van der Waals surface area contributed by atoms with Crippen LogP contribution in [0.25, 0.3) is 0 Å². The number of likely N-dealkylation sites (tertiary alicyclic amines) is 1. The molecule has 1 N–H and O–H groups in total. The first-order chi connectivity index (χ1) is 9.88. The fourth-order valence-electron chi connectivity index (χ4n) is 2.72. The number of nitrogens with one attached hydrogen (secondary N) is 1. The van der Waals surface area contributed by atoms with Crippen molar-refractivity contribution in [3.8, 4) is 0 Å². The molecule has 0 aliphatic carbocycles. The van der Waals surface area contributed by atoms with Gasteiger partial charge in [-0.15, -0.1) is 0 Å². The summed E-state index contributed by atoms with van der Waals surface area (Å²) in [6.45, 7) is 0.934. The van der Waals surface area contributed by atoms with Crippen molar-refractivity contribution in [2.24, 2.45) is 5.92 Å². The van der Waals surface area contributed by atoms with Gasteiger partial charge in [-0.2, -0.15) is 13.2 Å². The van der Waals surface area contributed by atoms with E-state index in [0.29, 0.717) is 26.0 Å². The minimum Gasteiger partial charge on any atom is -0.376 e. The van der Waals surface area contributed by atoms with Crippen molar-refractivity contribution < 1.29 is 27.5 Å². The van der Waals surface area contributed by atoms with Gasteiger partial charge in [-0.1, -0.05) is 0 Å². The molecule has 120 valence electrons. The predicted octanol–water partition coefficient (Wildman–Crippen LogP) is 1.08. The molecule has 21 heavy (non-hydrogen) atoms. The lowest BCUT2D eigenvalue weighted by Crippen LogP contribution is -2.50. The van der Waals surface area contributed by atoms with Gasteiger partial charge in [0.2, 0.25) is 5.91 Å². The zero-order chi connectivity index (χ0) is 15.5. The molecule has 2 fully saturated rings. The molecule has 0 radical (unpaired) electrons. The lowest BCUT2D eigenvalue weighted by Gasteiger charge is -2.32. The Kier molecular flexibility index (Phi) is 5.08. The van der Waals surface area contributed by atoms with Crippen molar-refractivity contribution >= 4 is 11.8 Å². The Balaban J connectivity index is 1.82. The van der Waals surface area contributed by atoms with Gasteiger partial charge in [-0.05, 0) is 25.7 Å². The van der Waals surface area contributed by atoms with E-state index >= 15 is 0 Å². The van der Waals surface area contributed by atoms with E-state index in [2.05, 4.69) is 5.32 Å². The Labute approximate surface area is 120 Å². The topological polar surface area (TPSA) is 58.6 Å². The number of nitrogens with zero attached hydrogens (tertiary/aromatic N) is 1. The highest BCUT2D eigenvalue weighted by Gasteiger charge is 2.44. The van der Waals surface area contributed by atoms with Crippen LogP contribution in [0.15, 0.2) is 0 Å². The summed E-state index contributed by atoms with van der Waals surface area (Å²) in [7, 11) is 0. The third-order valence-corrected chi connectivity index (χ3v) is 3.85. The zero-order valence-electron chi connectivity index (χ0n) is 11.6. The summed E-state index contributed by atoms with van der Waals surface area (Å²) < 4.78 is 42.6. The number of ether oxygens (including phenoxy) is 1. The predicted molar refractivity (Wildman–Crippen MR) is 67.3 cm³/mol. The molecule has 2 amide bonds. The number of hydrogen-bond donors (Lipinski definition) is 1. The quantitative estimate of drug-likeness (QED) is 0.849. The van der Waals surface area contributed by atoms with Crippen LogP contribution in [0.5, 0.6) is 0 Å². The summed E-state index contributed by atoms with van der Waals surface area (Å²) in [5.41, 5.74) is 0. The molecule has 0 aromatic rings. The summed E-state index contributed by atoms with van der Waals surface area (Å²) in [6.07, 6.45) is -2.15. The van der Waals surface area contributed by atoms with Crippen molar-refractivity contribution in [2.45, 2.75) is 38.0 Å². The zero-order valence-corrected chi connectivity index (χ0v) is 11.6. The monoisotopic (exact) mass is 308 g/mol. The SMILES string of the molecule is O=C(NCC1CCCO1)C1CCCN(C(=O)C(F)(F)F)C1.